The summed E-state index contributed by atoms with van der Waals surface area (Å²) in [5.74, 6) is 0. The molecule has 2 N–H and O–H groups in total. The van der Waals surface area contributed by atoms with Crippen LogP contribution in [0.1, 0.15) is 24.8 Å². The Hall–Kier alpha value is -1.79. The van der Waals surface area contributed by atoms with Gasteiger partial charge < -0.3 is 10.3 Å². The van der Waals surface area contributed by atoms with E-state index >= 15 is 0 Å². The normalized spacial score (nSPS) is 10.7. The summed E-state index contributed by atoms with van der Waals surface area (Å²) in [6.07, 6.45) is 5.72. The zero-order valence-electron chi connectivity index (χ0n) is 10.6. The molecule has 2 aromatic rings. The lowest BCUT2D eigenvalue weighted by Gasteiger charge is -2.09. The number of aryl methyl sites for hydroxylation is 1. The molecule has 1 heterocycles. The van der Waals surface area contributed by atoms with Crippen molar-refractivity contribution in [2.75, 3.05) is 6.54 Å². The highest BCUT2D eigenvalue weighted by Crippen LogP contribution is 2.21. The molecule has 0 radical (unpaired) electrons. The highest BCUT2D eigenvalue weighted by atomic mass is 14.9. The van der Waals surface area contributed by atoms with Crippen molar-refractivity contribution < 1.29 is 0 Å². The fourth-order valence-electron chi connectivity index (χ4n) is 2.37. The third-order valence-corrected chi connectivity index (χ3v) is 3.22. The SMILES string of the molecule is N#CCCCCn1ccc2cccc(CCN)c21. The molecular weight excluding hydrogens is 222 g/mol. The van der Waals surface area contributed by atoms with Crippen LogP contribution in [0.4, 0.5) is 0 Å². The van der Waals surface area contributed by atoms with Crippen molar-refractivity contribution in [1.29, 1.82) is 5.26 Å². The minimum atomic E-state index is 0.648. The van der Waals surface area contributed by atoms with E-state index < -0.39 is 0 Å². The molecule has 18 heavy (non-hydrogen) atoms. The average molecular weight is 241 g/mol. The first-order valence-corrected chi connectivity index (χ1v) is 6.50. The fraction of sp³-hybridized carbons (Fsp3) is 0.400. The summed E-state index contributed by atoms with van der Waals surface area (Å²) in [5.41, 5.74) is 8.29. The number of para-hydroxylation sites is 1. The third-order valence-electron chi connectivity index (χ3n) is 3.22. The van der Waals surface area contributed by atoms with E-state index in [-0.39, 0.29) is 0 Å². The number of nitrogens with two attached hydrogens (primary N) is 1. The number of benzene rings is 1. The molecule has 3 nitrogen and oxygen atoms in total. The first kappa shape index (κ1) is 12.7. The minimum Gasteiger partial charge on any atom is -0.347 e. The molecule has 0 aliphatic carbocycles. The fourth-order valence-corrected chi connectivity index (χ4v) is 2.37. The topological polar surface area (TPSA) is 54.7 Å². The zero-order valence-corrected chi connectivity index (χ0v) is 10.6. The lowest BCUT2D eigenvalue weighted by atomic mass is 10.1. The average Bonchev–Trinajstić information content (AvgIpc) is 2.80. The van der Waals surface area contributed by atoms with Crippen molar-refractivity contribution in [3.05, 3.63) is 36.0 Å². The van der Waals surface area contributed by atoms with Gasteiger partial charge in [-0.05, 0) is 42.8 Å². The van der Waals surface area contributed by atoms with Gasteiger partial charge in [-0.3, -0.25) is 0 Å². The van der Waals surface area contributed by atoms with Crippen molar-refractivity contribution in [2.45, 2.75) is 32.2 Å². The number of rotatable bonds is 6. The van der Waals surface area contributed by atoms with Gasteiger partial charge in [0, 0.05) is 19.2 Å². The largest absolute Gasteiger partial charge is 0.347 e. The zero-order chi connectivity index (χ0) is 12.8. The Balaban J connectivity index is 2.20. The molecule has 3 heteroatoms. The Morgan fingerprint density at radius 1 is 1.22 bits per heavy atom. The maximum atomic E-state index is 8.54. The van der Waals surface area contributed by atoms with E-state index in [1.165, 1.54) is 16.5 Å². The van der Waals surface area contributed by atoms with Gasteiger partial charge in [-0.15, -0.1) is 0 Å². The van der Waals surface area contributed by atoms with Crippen molar-refractivity contribution in [3.63, 3.8) is 0 Å². The van der Waals surface area contributed by atoms with Crippen LogP contribution in [0.25, 0.3) is 10.9 Å². The van der Waals surface area contributed by atoms with Crippen LogP contribution in [-0.2, 0) is 13.0 Å². The second kappa shape index (κ2) is 6.23. The number of hydrogen-bond acceptors (Lipinski definition) is 2. The molecule has 0 saturated carbocycles. The van der Waals surface area contributed by atoms with Crippen LogP contribution in [0.5, 0.6) is 0 Å². The van der Waals surface area contributed by atoms with Crippen LogP contribution in [0.2, 0.25) is 0 Å². The number of nitrogens with zero attached hydrogens (tertiary/aromatic N) is 2. The Labute approximate surface area is 108 Å². The van der Waals surface area contributed by atoms with Gasteiger partial charge in [-0.2, -0.15) is 5.26 Å². The first-order chi connectivity index (χ1) is 8.86. The van der Waals surface area contributed by atoms with Gasteiger partial charge in [0.2, 0.25) is 0 Å². The Kier molecular flexibility index (Phi) is 4.38. The van der Waals surface area contributed by atoms with Crippen LogP contribution in [0.15, 0.2) is 30.5 Å². The minimum absolute atomic E-state index is 0.648. The Morgan fingerprint density at radius 3 is 2.89 bits per heavy atom. The van der Waals surface area contributed by atoms with E-state index in [9.17, 15) is 0 Å². The van der Waals surface area contributed by atoms with Crippen LogP contribution >= 0.6 is 0 Å². The van der Waals surface area contributed by atoms with Gasteiger partial charge in [-0.1, -0.05) is 18.2 Å². The highest BCUT2D eigenvalue weighted by Gasteiger charge is 2.05. The van der Waals surface area contributed by atoms with E-state index in [0.29, 0.717) is 13.0 Å². The van der Waals surface area contributed by atoms with E-state index in [0.717, 1.165) is 25.8 Å². The van der Waals surface area contributed by atoms with E-state index in [4.69, 9.17) is 11.0 Å². The summed E-state index contributed by atoms with van der Waals surface area (Å²) >= 11 is 0. The summed E-state index contributed by atoms with van der Waals surface area (Å²) in [4.78, 5) is 0. The lowest BCUT2D eigenvalue weighted by molar-refractivity contribution is 0.631. The summed E-state index contributed by atoms with van der Waals surface area (Å²) < 4.78 is 2.29. The van der Waals surface area contributed by atoms with Crippen molar-refractivity contribution >= 4 is 10.9 Å². The molecule has 94 valence electrons. The number of unbranched alkanes of at least 4 members (excludes halogenated alkanes) is 2. The Bertz CT molecular complexity index is 548. The van der Waals surface area contributed by atoms with Crippen LogP contribution < -0.4 is 5.73 Å². The number of aromatic nitrogens is 1. The molecule has 0 amide bonds. The molecule has 1 aromatic carbocycles. The standard InChI is InChI=1S/C15H19N3/c16-9-2-1-3-11-18-12-8-14-6-4-5-13(7-10-17)15(14)18/h4-6,8,12H,1-3,7,10-11,17H2. The Morgan fingerprint density at radius 2 is 2.11 bits per heavy atom. The lowest BCUT2D eigenvalue weighted by Crippen LogP contribution is -2.05. The van der Waals surface area contributed by atoms with Crippen LogP contribution in [0, 0.1) is 11.3 Å². The molecular formula is C15H19N3. The number of nitriles is 1. The summed E-state index contributed by atoms with van der Waals surface area (Å²) in [6.45, 7) is 1.66. The quantitative estimate of drug-likeness (QED) is 0.791. The second-order valence-electron chi connectivity index (χ2n) is 4.52. The van der Waals surface area contributed by atoms with Gasteiger partial charge in [0.1, 0.15) is 0 Å². The molecule has 1 aromatic heterocycles. The van der Waals surface area contributed by atoms with E-state index in [1.807, 2.05) is 0 Å². The molecule has 2 rings (SSSR count). The van der Waals surface area contributed by atoms with Crippen LogP contribution in [-0.4, -0.2) is 11.1 Å². The monoisotopic (exact) mass is 241 g/mol. The molecule has 0 saturated heterocycles. The summed E-state index contributed by atoms with van der Waals surface area (Å²) in [7, 11) is 0. The van der Waals surface area contributed by atoms with Crippen molar-refractivity contribution in [2.24, 2.45) is 5.73 Å². The first-order valence-electron chi connectivity index (χ1n) is 6.50. The van der Waals surface area contributed by atoms with Gasteiger partial charge >= 0.3 is 0 Å². The number of fused-ring (bicyclic) bond motifs is 1. The molecule has 0 fully saturated rings. The van der Waals surface area contributed by atoms with Gasteiger partial charge in [0.25, 0.3) is 0 Å². The maximum absolute atomic E-state index is 8.54. The molecule has 0 aliphatic heterocycles. The van der Waals surface area contributed by atoms with Crippen LogP contribution in [0.3, 0.4) is 0 Å². The van der Waals surface area contributed by atoms with E-state index in [1.54, 1.807) is 0 Å². The maximum Gasteiger partial charge on any atom is 0.0621 e. The van der Waals surface area contributed by atoms with E-state index in [2.05, 4.69) is 41.1 Å². The predicted molar refractivity (Wildman–Crippen MR) is 74.2 cm³/mol. The molecule has 0 aliphatic rings. The van der Waals surface area contributed by atoms with Crippen molar-refractivity contribution in [1.82, 2.24) is 4.57 Å². The highest BCUT2D eigenvalue weighted by molar-refractivity contribution is 5.83. The smallest absolute Gasteiger partial charge is 0.0621 e. The van der Waals surface area contributed by atoms with Gasteiger partial charge in [0.15, 0.2) is 0 Å². The summed E-state index contributed by atoms with van der Waals surface area (Å²) in [5, 5.41) is 9.82. The van der Waals surface area contributed by atoms with Gasteiger partial charge in [0.05, 0.1) is 11.6 Å². The molecule has 0 atom stereocenters. The number of hydrogen-bond donors (Lipinski definition) is 1. The summed E-state index contributed by atoms with van der Waals surface area (Å²) in [6, 6.07) is 10.7. The van der Waals surface area contributed by atoms with Crippen molar-refractivity contribution in [3.8, 4) is 6.07 Å². The third kappa shape index (κ3) is 2.72. The molecule has 0 spiro atoms. The molecule has 0 bridgehead atoms. The second-order valence-corrected chi connectivity index (χ2v) is 4.52. The molecule has 0 unspecified atom stereocenters. The van der Waals surface area contributed by atoms with Gasteiger partial charge in [-0.25, -0.2) is 0 Å². The predicted octanol–water partition coefficient (Wildman–Crippen LogP) is 2.84.